The Balaban J connectivity index is 1.58. The number of nitrogens with zero attached hydrogens (tertiary/aromatic N) is 4. The van der Waals surface area contributed by atoms with Crippen molar-refractivity contribution >= 4 is 28.4 Å². The van der Waals surface area contributed by atoms with Crippen LogP contribution in [0.3, 0.4) is 0 Å². The average molecular weight is 440 g/mol. The van der Waals surface area contributed by atoms with Gasteiger partial charge in [-0.05, 0) is 12.1 Å². The maximum atomic E-state index is 13.7. The molecule has 0 aromatic carbocycles. The highest BCUT2D eigenvalue weighted by molar-refractivity contribution is 8.09. The van der Waals surface area contributed by atoms with Gasteiger partial charge in [0.15, 0.2) is 6.73 Å². The number of hydrogen-bond donors (Lipinski definition) is 0. The molecule has 1 atom stereocenters. The van der Waals surface area contributed by atoms with E-state index in [0.717, 1.165) is 16.8 Å². The number of ether oxygens (including phenoxy) is 1. The number of pyridine rings is 2. The fourth-order valence-corrected chi connectivity index (χ4v) is 5.61. The van der Waals surface area contributed by atoms with E-state index in [-0.39, 0.29) is 11.2 Å². The van der Waals surface area contributed by atoms with Crippen molar-refractivity contribution in [3.05, 3.63) is 95.0 Å². The lowest BCUT2D eigenvalue weighted by atomic mass is 10.1. The fraction of sp³-hybridized carbons (Fsp3) is 0.125. The van der Waals surface area contributed by atoms with E-state index in [9.17, 15) is 9.59 Å². The minimum absolute atomic E-state index is 0.116. The molecule has 6 heterocycles. The summed E-state index contributed by atoms with van der Waals surface area (Å²) in [4.78, 5) is 36.9. The Morgan fingerprint density at radius 3 is 2.78 bits per heavy atom. The Kier molecular flexibility index (Phi) is 4.35. The van der Waals surface area contributed by atoms with Crippen LogP contribution < -0.4 is 10.6 Å². The molecule has 3 aliphatic heterocycles. The van der Waals surface area contributed by atoms with Crippen LogP contribution in [0.15, 0.2) is 78.9 Å². The van der Waals surface area contributed by atoms with E-state index >= 15 is 0 Å². The monoisotopic (exact) mass is 440 g/mol. The zero-order chi connectivity index (χ0) is 21.7. The number of fused-ring (bicyclic) bond motifs is 2. The maximum Gasteiger partial charge on any atom is 0.203 e. The van der Waals surface area contributed by atoms with Crippen molar-refractivity contribution < 1.29 is 14.3 Å². The van der Waals surface area contributed by atoms with E-state index in [1.165, 1.54) is 11.8 Å². The maximum absolute atomic E-state index is 13.7. The Bertz CT molecular complexity index is 1450. The lowest BCUT2D eigenvalue weighted by Gasteiger charge is -2.14. The predicted octanol–water partition coefficient (Wildman–Crippen LogP) is 1.49. The Hall–Kier alpha value is -3.87. The molecule has 8 heteroatoms. The standard InChI is InChI=1S/C24H16N4O3S/c29-12-19-18(15-3-1-6-25-9-15)11-28-21(19)23(32-24(28)16-4-2-7-26-10-16)22(30)17-5-8-27-14-31-13-20(17)27/h1-7,9-11,13,24H,8,14H2. The molecule has 3 aromatic rings. The van der Waals surface area contributed by atoms with Crippen LogP contribution in [0.25, 0.3) is 16.0 Å². The first-order chi connectivity index (χ1) is 15.8. The molecule has 0 N–H and O–H groups in total. The molecular weight excluding hydrogens is 424 g/mol. The molecule has 6 rings (SSSR count). The van der Waals surface area contributed by atoms with Gasteiger partial charge in [-0.15, -0.1) is 0 Å². The summed E-state index contributed by atoms with van der Waals surface area (Å²) in [5, 5.41) is 0.732. The van der Waals surface area contributed by atoms with Crippen molar-refractivity contribution in [2.75, 3.05) is 13.3 Å². The molecule has 1 unspecified atom stereocenters. The molecule has 0 saturated heterocycles. The van der Waals surface area contributed by atoms with Gasteiger partial charge in [0, 0.05) is 59.8 Å². The number of thioether (sulfide) groups is 1. The van der Waals surface area contributed by atoms with E-state index in [2.05, 4.69) is 15.9 Å². The first-order valence-electron chi connectivity index (χ1n) is 10.1. The molecule has 3 aliphatic rings. The van der Waals surface area contributed by atoms with Gasteiger partial charge in [0.2, 0.25) is 5.78 Å². The summed E-state index contributed by atoms with van der Waals surface area (Å²) in [5.74, 6) is 1.98. The molecule has 156 valence electrons. The number of hydrogen-bond acceptors (Lipinski definition) is 7. The van der Waals surface area contributed by atoms with Gasteiger partial charge in [-0.3, -0.25) is 14.8 Å². The number of carbonyl (C=O) groups is 1. The summed E-state index contributed by atoms with van der Waals surface area (Å²) in [5.41, 5.74) is 3.83. The molecule has 0 spiro atoms. The molecule has 32 heavy (non-hydrogen) atoms. The second kappa shape index (κ2) is 7.37. The van der Waals surface area contributed by atoms with Gasteiger partial charge in [-0.1, -0.05) is 30.0 Å². The number of allylic oxidation sites excluding steroid dienone is 1. The van der Waals surface area contributed by atoms with Crippen molar-refractivity contribution in [3.8, 4) is 11.1 Å². The second-order valence-electron chi connectivity index (χ2n) is 7.57. The highest BCUT2D eigenvalue weighted by atomic mass is 32.2. The molecule has 0 bridgehead atoms. The largest absolute Gasteiger partial charge is 0.479 e. The van der Waals surface area contributed by atoms with Crippen LogP contribution in [0.5, 0.6) is 0 Å². The van der Waals surface area contributed by atoms with Gasteiger partial charge in [-0.25, -0.2) is 4.79 Å². The predicted molar refractivity (Wildman–Crippen MR) is 119 cm³/mol. The van der Waals surface area contributed by atoms with Crippen molar-refractivity contribution in [1.82, 2.24) is 19.4 Å². The van der Waals surface area contributed by atoms with Crippen LogP contribution in [0.2, 0.25) is 0 Å². The minimum atomic E-state index is -0.220. The highest BCUT2D eigenvalue weighted by Gasteiger charge is 2.36. The van der Waals surface area contributed by atoms with Crippen LogP contribution in [0.4, 0.5) is 0 Å². The van der Waals surface area contributed by atoms with Crippen molar-refractivity contribution in [2.24, 2.45) is 0 Å². The molecule has 0 aliphatic carbocycles. The molecule has 0 radical (unpaired) electrons. The lowest BCUT2D eigenvalue weighted by Crippen LogP contribution is -2.32. The van der Waals surface area contributed by atoms with Crippen LogP contribution >= 0.6 is 11.8 Å². The van der Waals surface area contributed by atoms with Crippen molar-refractivity contribution in [2.45, 2.75) is 5.37 Å². The first kappa shape index (κ1) is 18.9. The van der Waals surface area contributed by atoms with Gasteiger partial charge in [0.05, 0.1) is 21.2 Å². The van der Waals surface area contributed by atoms with E-state index in [0.29, 0.717) is 39.9 Å². The van der Waals surface area contributed by atoms with Crippen LogP contribution in [-0.4, -0.2) is 44.4 Å². The molecule has 0 amide bonds. The van der Waals surface area contributed by atoms with Gasteiger partial charge >= 0.3 is 0 Å². The lowest BCUT2D eigenvalue weighted by molar-refractivity contribution is -0.110. The SMILES string of the molecule is O=C=c1c(-c2cccnc2)cn2c1=C(C(=O)C1=CCN3COC=C13)SC2c1cccnc1. The Morgan fingerprint density at radius 2 is 2.03 bits per heavy atom. The number of aromatic nitrogens is 3. The smallest absolute Gasteiger partial charge is 0.203 e. The third-order valence-corrected chi connectivity index (χ3v) is 7.12. The second-order valence-corrected chi connectivity index (χ2v) is 8.66. The van der Waals surface area contributed by atoms with E-state index in [4.69, 9.17) is 4.74 Å². The normalized spacial score (nSPS) is 18.6. The molecular formula is C24H16N4O3S. The van der Waals surface area contributed by atoms with Crippen LogP contribution in [0, 0.1) is 0 Å². The van der Waals surface area contributed by atoms with Gasteiger partial charge < -0.3 is 14.2 Å². The van der Waals surface area contributed by atoms with Crippen LogP contribution in [-0.2, 0) is 14.3 Å². The zero-order valence-corrected chi connectivity index (χ0v) is 17.6. The van der Waals surface area contributed by atoms with Crippen molar-refractivity contribution in [3.63, 3.8) is 0 Å². The number of rotatable bonds is 4. The number of carbonyl (C=O) groups excluding carboxylic acids is 2. The van der Waals surface area contributed by atoms with Crippen molar-refractivity contribution in [1.29, 1.82) is 0 Å². The van der Waals surface area contributed by atoms with E-state index < -0.39 is 0 Å². The summed E-state index contributed by atoms with van der Waals surface area (Å²) < 4.78 is 7.37. The summed E-state index contributed by atoms with van der Waals surface area (Å²) in [6, 6.07) is 7.55. The fourth-order valence-electron chi connectivity index (χ4n) is 4.29. The number of ketones is 1. The van der Waals surface area contributed by atoms with Crippen LogP contribution in [0.1, 0.15) is 10.9 Å². The van der Waals surface area contributed by atoms with E-state index in [1.807, 2.05) is 46.0 Å². The minimum Gasteiger partial charge on any atom is -0.479 e. The summed E-state index contributed by atoms with van der Waals surface area (Å²) in [6.45, 7) is 1.07. The topological polar surface area (TPSA) is 77.3 Å². The first-order valence-corrected chi connectivity index (χ1v) is 10.9. The summed E-state index contributed by atoms with van der Waals surface area (Å²) in [6.07, 6.45) is 12.3. The molecule has 3 aromatic heterocycles. The highest BCUT2D eigenvalue weighted by Crippen LogP contribution is 2.42. The third-order valence-electron chi connectivity index (χ3n) is 5.78. The summed E-state index contributed by atoms with van der Waals surface area (Å²) in [7, 11) is 0. The van der Waals surface area contributed by atoms with E-state index in [1.54, 1.807) is 31.0 Å². The summed E-state index contributed by atoms with van der Waals surface area (Å²) >= 11 is 1.43. The average Bonchev–Trinajstić information content (AvgIpc) is 3.60. The third kappa shape index (κ3) is 2.77. The van der Waals surface area contributed by atoms with Gasteiger partial charge in [0.1, 0.15) is 17.6 Å². The van der Waals surface area contributed by atoms with Gasteiger partial charge in [0.25, 0.3) is 0 Å². The molecule has 7 nitrogen and oxygen atoms in total. The Morgan fingerprint density at radius 1 is 1.19 bits per heavy atom. The quantitative estimate of drug-likeness (QED) is 0.608. The zero-order valence-electron chi connectivity index (χ0n) is 16.8. The molecule has 0 saturated carbocycles. The molecule has 0 fully saturated rings. The van der Waals surface area contributed by atoms with Gasteiger partial charge in [-0.2, -0.15) is 0 Å². The number of Topliss-reactive ketones (excluding diaryl/α,β-unsaturated/α-hetero) is 1. The Labute approximate surface area is 187 Å².